The van der Waals surface area contributed by atoms with Gasteiger partial charge < -0.3 is 14.2 Å². The number of thioether (sulfide) groups is 2. The third kappa shape index (κ3) is 4.80. The molecule has 1 aliphatic rings. The van der Waals surface area contributed by atoms with Gasteiger partial charge in [0.25, 0.3) is 5.91 Å². The maximum Gasteiger partial charge on any atom is 0.339 e. The van der Waals surface area contributed by atoms with Crippen LogP contribution >= 0.6 is 23.5 Å². The maximum absolute atomic E-state index is 12.8. The lowest BCUT2D eigenvalue weighted by molar-refractivity contribution is -0.121. The smallest absolute Gasteiger partial charge is 0.339 e. The number of esters is 1. The molecule has 0 N–H and O–H groups in total. The van der Waals surface area contributed by atoms with Crippen LogP contribution < -0.4 is 4.90 Å². The van der Waals surface area contributed by atoms with Gasteiger partial charge >= 0.3 is 5.97 Å². The van der Waals surface area contributed by atoms with Crippen LogP contribution in [0.15, 0.2) is 62.8 Å². The van der Waals surface area contributed by atoms with E-state index in [0.29, 0.717) is 17.9 Å². The molecular formula is C23H22N2O4S2. The van der Waals surface area contributed by atoms with E-state index in [1.54, 1.807) is 28.8 Å². The van der Waals surface area contributed by atoms with Crippen LogP contribution in [0.25, 0.3) is 0 Å². The number of aryl methyl sites for hydroxylation is 2. The van der Waals surface area contributed by atoms with Gasteiger partial charge in [0.1, 0.15) is 5.76 Å². The quantitative estimate of drug-likeness (QED) is 0.388. The molecule has 0 spiro atoms. The van der Waals surface area contributed by atoms with Crippen LogP contribution in [0.4, 0.5) is 5.69 Å². The Labute approximate surface area is 189 Å². The number of hydrogen-bond donors (Lipinski definition) is 0. The fourth-order valence-electron chi connectivity index (χ4n) is 3.33. The summed E-state index contributed by atoms with van der Waals surface area (Å²) in [6.07, 6.45) is 0. The van der Waals surface area contributed by atoms with Crippen LogP contribution in [0.5, 0.6) is 0 Å². The van der Waals surface area contributed by atoms with E-state index in [1.807, 2.05) is 50.2 Å². The number of amides is 1. The minimum atomic E-state index is -0.505. The van der Waals surface area contributed by atoms with Crippen molar-refractivity contribution in [3.8, 4) is 0 Å². The molecule has 2 heterocycles. The summed E-state index contributed by atoms with van der Waals surface area (Å²) in [6, 6.07) is 15.0. The average molecular weight is 455 g/mol. The molecule has 1 aromatic heterocycles. The molecule has 0 fully saturated rings. The first-order chi connectivity index (χ1) is 15.0. The van der Waals surface area contributed by atoms with E-state index < -0.39 is 5.97 Å². The second-order valence-electron chi connectivity index (χ2n) is 7.03. The highest BCUT2D eigenvalue weighted by atomic mass is 32.2. The van der Waals surface area contributed by atoms with Crippen LogP contribution in [-0.4, -0.2) is 35.9 Å². The Morgan fingerprint density at radius 3 is 2.74 bits per heavy atom. The van der Waals surface area contributed by atoms with E-state index in [2.05, 4.69) is 5.16 Å². The zero-order valence-electron chi connectivity index (χ0n) is 17.3. The highest BCUT2D eigenvalue weighted by Crippen LogP contribution is 2.34. The number of anilines is 1. The zero-order valence-corrected chi connectivity index (χ0v) is 18.9. The van der Waals surface area contributed by atoms with Crippen molar-refractivity contribution in [1.29, 1.82) is 0 Å². The van der Waals surface area contributed by atoms with Crippen molar-refractivity contribution in [3.63, 3.8) is 0 Å². The third-order valence-electron chi connectivity index (χ3n) is 5.02. The topological polar surface area (TPSA) is 72.6 Å². The highest BCUT2D eigenvalue weighted by molar-refractivity contribution is 7.99. The van der Waals surface area contributed by atoms with E-state index in [9.17, 15) is 9.59 Å². The van der Waals surface area contributed by atoms with Gasteiger partial charge in [-0.25, -0.2) is 4.79 Å². The minimum Gasteiger partial charge on any atom is -0.452 e. The Bertz CT molecular complexity index is 1090. The van der Waals surface area contributed by atoms with Gasteiger partial charge in [0.15, 0.2) is 6.61 Å². The van der Waals surface area contributed by atoms with Gasteiger partial charge in [-0.05, 0) is 38.1 Å². The van der Waals surface area contributed by atoms with Gasteiger partial charge in [0.2, 0.25) is 0 Å². The normalized spacial score (nSPS) is 13.0. The van der Waals surface area contributed by atoms with Crippen molar-refractivity contribution >= 4 is 41.1 Å². The van der Waals surface area contributed by atoms with Crippen molar-refractivity contribution in [3.05, 3.63) is 71.1 Å². The number of rotatable bonds is 6. The van der Waals surface area contributed by atoms with Gasteiger partial charge in [-0.1, -0.05) is 29.4 Å². The number of carbonyl (C=O) groups excluding carboxylic acids is 2. The molecule has 0 bridgehead atoms. The van der Waals surface area contributed by atoms with Crippen LogP contribution in [0.3, 0.4) is 0 Å². The lowest BCUT2D eigenvalue weighted by Gasteiger charge is -2.28. The Morgan fingerprint density at radius 1 is 1.16 bits per heavy atom. The van der Waals surface area contributed by atoms with Crippen molar-refractivity contribution in [2.24, 2.45) is 0 Å². The standard InChI is InChI=1S/C23H22N2O4S2/c1-15-18(16(2)29-24-15)14-31-20-9-5-3-7-17(20)23(27)28-13-22(26)25-11-12-30-21-10-6-4-8-19(21)25/h3-10H,11-14H2,1-2H3. The molecular weight excluding hydrogens is 432 g/mol. The summed E-state index contributed by atoms with van der Waals surface area (Å²) in [7, 11) is 0. The molecule has 0 radical (unpaired) electrons. The number of carbonyl (C=O) groups is 2. The predicted octanol–water partition coefficient (Wildman–Crippen LogP) is 4.88. The van der Waals surface area contributed by atoms with E-state index >= 15 is 0 Å². The van der Waals surface area contributed by atoms with Gasteiger partial charge in [0, 0.05) is 33.4 Å². The summed E-state index contributed by atoms with van der Waals surface area (Å²) in [5.41, 5.74) is 3.18. The summed E-state index contributed by atoms with van der Waals surface area (Å²) in [5, 5.41) is 3.97. The summed E-state index contributed by atoms with van der Waals surface area (Å²) in [5.74, 6) is 1.50. The molecule has 31 heavy (non-hydrogen) atoms. The molecule has 0 aliphatic carbocycles. The molecule has 3 aromatic rings. The summed E-state index contributed by atoms with van der Waals surface area (Å²) in [4.78, 5) is 29.1. The second-order valence-corrected chi connectivity index (χ2v) is 9.18. The first-order valence-electron chi connectivity index (χ1n) is 9.87. The molecule has 4 rings (SSSR count). The third-order valence-corrected chi connectivity index (χ3v) is 7.16. The Morgan fingerprint density at radius 2 is 1.94 bits per heavy atom. The van der Waals surface area contributed by atoms with Gasteiger partial charge in [-0.2, -0.15) is 0 Å². The Balaban J connectivity index is 1.41. The Kier molecular flexibility index (Phi) is 6.67. The van der Waals surface area contributed by atoms with Crippen molar-refractivity contribution in [1.82, 2.24) is 5.16 Å². The highest BCUT2D eigenvalue weighted by Gasteiger charge is 2.24. The van der Waals surface area contributed by atoms with Crippen LogP contribution in [-0.2, 0) is 15.3 Å². The lowest BCUT2D eigenvalue weighted by Crippen LogP contribution is -2.38. The minimum absolute atomic E-state index is 0.220. The lowest BCUT2D eigenvalue weighted by atomic mass is 10.2. The molecule has 1 amide bonds. The summed E-state index contributed by atoms with van der Waals surface area (Å²) in [6.45, 7) is 4.08. The van der Waals surface area contributed by atoms with Crippen LogP contribution in [0.2, 0.25) is 0 Å². The maximum atomic E-state index is 12.8. The van der Waals surface area contributed by atoms with E-state index in [0.717, 1.165) is 38.2 Å². The number of para-hydroxylation sites is 1. The number of ether oxygens (including phenoxy) is 1. The van der Waals surface area contributed by atoms with E-state index in [-0.39, 0.29) is 12.5 Å². The molecule has 0 saturated heterocycles. The molecule has 1 aliphatic heterocycles. The molecule has 0 unspecified atom stereocenters. The molecule has 2 aromatic carbocycles. The summed E-state index contributed by atoms with van der Waals surface area (Å²) < 4.78 is 10.6. The molecule has 0 atom stereocenters. The van der Waals surface area contributed by atoms with Crippen molar-refractivity contribution in [2.45, 2.75) is 29.4 Å². The Hall–Kier alpha value is -2.71. The van der Waals surface area contributed by atoms with Gasteiger partial charge in [0.05, 0.1) is 16.9 Å². The van der Waals surface area contributed by atoms with Crippen LogP contribution in [0, 0.1) is 13.8 Å². The monoisotopic (exact) mass is 454 g/mol. The van der Waals surface area contributed by atoms with Crippen LogP contribution in [0.1, 0.15) is 27.4 Å². The second kappa shape index (κ2) is 9.62. The fraction of sp³-hybridized carbons (Fsp3) is 0.261. The average Bonchev–Trinajstić information content (AvgIpc) is 3.12. The molecule has 160 valence electrons. The zero-order chi connectivity index (χ0) is 21.8. The molecule has 8 heteroatoms. The van der Waals surface area contributed by atoms with Crippen molar-refractivity contribution < 1.29 is 18.8 Å². The predicted molar refractivity (Wildman–Crippen MR) is 122 cm³/mol. The van der Waals surface area contributed by atoms with Crippen molar-refractivity contribution in [2.75, 3.05) is 23.8 Å². The first-order valence-corrected chi connectivity index (χ1v) is 11.8. The SMILES string of the molecule is Cc1noc(C)c1CSc1ccccc1C(=O)OCC(=O)N1CCSc2ccccc21. The van der Waals surface area contributed by atoms with E-state index in [1.165, 1.54) is 11.8 Å². The first kappa shape index (κ1) is 21.5. The molecule has 6 nitrogen and oxygen atoms in total. The number of aromatic nitrogens is 1. The number of fused-ring (bicyclic) bond motifs is 1. The fourth-order valence-corrected chi connectivity index (χ4v) is 5.52. The summed E-state index contributed by atoms with van der Waals surface area (Å²) >= 11 is 3.24. The number of benzene rings is 2. The van der Waals surface area contributed by atoms with Gasteiger partial charge in [-0.15, -0.1) is 23.5 Å². The van der Waals surface area contributed by atoms with Gasteiger partial charge in [-0.3, -0.25) is 4.79 Å². The van der Waals surface area contributed by atoms with E-state index in [4.69, 9.17) is 9.26 Å². The number of nitrogens with zero attached hydrogens (tertiary/aromatic N) is 2. The largest absolute Gasteiger partial charge is 0.452 e. The number of hydrogen-bond acceptors (Lipinski definition) is 7. The molecule has 0 saturated carbocycles.